The number of aryl methyl sites for hydroxylation is 1. The van der Waals surface area contributed by atoms with Crippen LogP contribution in [0.2, 0.25) is 0 Å². The molecular weight excluding hydrogens is 602 g/mol. The number of carbonyl (C=O) groups excluding carboxylic acids is 2. The van der Waals surface area contributed by atoms with Gasteiger partial charge in [0.05, 0.1) is 26.2 Å². The number of amides is 1. The van der Waals surface area contributed by atoms with Crippen molar-refractivity contribution in [3.8, 4) is 22.6 Å². The summed E-state index contributed by atoms with van der Waals surface area (Å²) in [5, 5.41) is 5.92. The fraction of sp³-hybridized carbons (Fsp3) is 0.220. The number of rotatable bonds is 13. The number of methoxy groups -OCH3 is 2. The third-order valence-electron chi connectivity index (χ3n) is 8.55. The smallest absolute Gasteiger partial charge is 0.309 e. The number of carbonyl (C=O) groups is 2. The monoisotopic (exact) mass is 641 g/mol. The van der Waals surface area contributed by atoms with E-state index in [0.29, 0.717) is 24.3 Å². The molecule has 0 saturated carbocycles. The standard InChI is InChI=1S/C41H39NO6/c1-4-5-14-35-40(33-13-9-10-15-34(33)47-35)41(44)42-26-27-16-22-32-30(24-27)19-23-36(39(32)29-17-20-31(45-2)21-18-29)48-37(25-38(43)46-3)28-11-7-6-8-12-28/h6-13,15-24,37H,4-5,14,25-26H2,1-3H3,(H,42,44). The average Bonchev–Trinajstić information content (AvgIpc) is 3.51. The third-order valence-corrected chi connectivity index (χ3v) is 8.55. The molecular formula is C41H39NO6. The van der Waals surface area contributed by atoms with Crippen LogP contribution in [-0.2, 0) is 22.5 Å². The van der Waals surface area contributed by atoms with E-state index in [-0.39, 0.29) is 18.3 Å². The first-order valence-electron chi connectivity index (χ1n) is 16.3. The quantitative estimate of drug-likeness (QED) is 0.127. The molecule has 6 rings (SSSR count). The molecule has 244 valence electrons. The molecule has 0 aliphatic heterocycles. The van der Waals surface area contributed by atoms with Crippen LogP contribution < -0.4 is 14.8 Å². The number of para-hydroxylation sites is 1. The first kappa shape index (κ1) is 32.4. The summed E-state index contributed by atoms with van der Waals surface area (Å²) in [7, 11) is 3.02. The molecule has 0 radical (unpaired) electrons. The number of unbranched alkanes of at least 4 members (excludes halogenated alkanes) is 1. The molecule has 5 aromatic carbocycles. The van der Waals surface area contributed by atoms with E-state index >= 15 is 0 Å². The van der Waals surface area contributed by atoms with Crippen LogP contribution in [0.1, 0.15) is 59.5 Å². The summed E-state index contributed by atoms with van der Waals surface area (Å²) in [4.78, 5) is 26.0. The van der Waals surface area contributed by atoms with Crippen molar-refractivity contribution in [3.63, 3.8) is 0 Å². The second kappa shape index (κ2) is 14.9. The Balaban J connectivity index is 1.33. The molecule has 0 aliphatic carbocycles. The van der Waals surface area contributed by atoms with Crippen molar-refractivity contribution in [2.75, 3.05) is 14.2 Å². The van der Waals surface area contributed by atoms with Gasteiger partial charge in [-0.05, 0) is 64.2 Å². The molecule has 1 N–H and O–H groups in total. The minimum absolute atomic E-state index is 0.0609. The molecule has 1 aromatic heterocycles. The van der Waals surface area contributed by atoms with Gasteiger partial charge >= 0.3 is 5.97 Å². The van der Waals surface area contributed by atoms with E-state index in [9.17, 15) is 9.59 Å². The zero-order valence-electron chi connectivity index (χ0n) is 27.5. The highest BCUT2D eigenvalue weighted by molar-refractivity contribution is 6.07. The molecule has 7 heteroatoms. The molecule has 7 nitrogen and oxygen atoms in total. The van der Waals surface area contributed by atoms with E-state index in [1.807, 2.05) is 97.1 Å². The van der Waals surface area contributed by atoms with Crippen LogP contribution >= 0.6 is 0 Å². The zero-order chi connectivity index (χ0) is 33.5. The molecule has 0 spiro atoms. The van der Waals surface area contributed by atoms with E-state index in [4.69, 9.17) is 18.6 Å². The highest BCUT2D eigenvalue weighted by Gasteiger charge is 2.23. The van der Waals surface area contributed by atoms with Crippen LogP contribution in [0, 0.1) is 0 Å². The van der Waals surface area contributed by atoms with Crippen molar-refractivity contribution in [1.82, 2.24) is 5.32 Å². The van der Waals surface area contributed by atoms with E-state index in [1.54, 1.807) is 7.11 Å². The van der Waals surface area contributed by atoms with E-state index in [2.05, 4.69) is 24.4 Å². The average molecular weight is 642 g/mol. The van der Waals surface area contributed by atoms with Crippen molar-refractivity contribution < 1.29 is 28.2 Å². The van der Waals surface area contributed by atoms with Gasteiger partial charge < -0.3 is 23.9 Å². The Labute approximate surface area is 280 Å². The predicted molar refractivity (Wildman–Crippen MR) is 188 cm³/mol. The Morgan fingerprint density at radius 1 is 0.833 bits per heavy atom. The number of fused-ring (bicyclic) bond motifs is 2. The maximum absolute atomic E-state index is 13.6. The van der Waals surface area contributed by atoms with Gasteiger partial charge in [0.15, 0.2) is 0 Å². The van der Waals surface area contributed by atoms with Crippen LogP contribution in [0.25, 0.3) is 32.9 Å². The first-order chi connectivity index (χ1) is 23.5. The van der Waals surface area contributed by atoms with Crippen LogP contribution in [0.4, 0.5) is 0 Å². The van der Waals surface area contributed by atoms with Gasteiger partial charge in [-0.25, -0.2) is 0 Å². The molecule has 0 bridgehead atoms. The number of ether oxygens (including phenoxy) is 3. The molecule has 1 heterocycles. The summed E-state index contributed by atoms with van der Waals surface area (Å²) < 4.78 is 23.2. The van der Waals surface area contributed by atoms with Gasteiger partial charge in [-0.3, -0.25) is 9.59 Å². The summed E-state index contributed by atoms with van der Waals surface area (Å²) in [5.74, 6) is 1.61. The molecule has 48 heavy (non-hydrogen) atoms. The first-order valence-corrected chi connectivity index (χ1v) is 16.3. The van der Waals surface area contributed by atoms with Crippen LogP contribution in [0.5, 0.6) is 11.5 Å². The topological polar surface area (TPSA) is 87.0 Å². The molecule has 1 unspecified atom stereocenters. The van der Waals surface area contributed by atoms with Crippen LogP contribution in [-0.4, -0.2) is 26.1 Å². The van der Waals surface area contributed by atoms with Crippen molar-refractivity contribution in [2.24, 2.45) is 0 Å². The number of nitrogens with one attached hydrogen (secondary N) is 1. The number of furan rings is 1. The molecule has 0 saturated heterocycles. The number of hydrogen-bond acceptors (Lipinski definition) is 6. The van der Waals surface area contributed by atoms with Gasteiger partial charge in [0.1, 0.15) is 28.9 Å². The summed E-state index contributed by atoms with van der Waals surface area (Å²) in [6, 6.07) is 35.3. The summed E-state index contributed by atoms with van der Waals surface area (Å²) in [6.45, 7) is 2.48. The van der Waals surface area contributed by atoms with Crippen molar-refractivity contribution in [1.29, 1.82) is 0 Å². The maximum atomic E-state index is 13.6. The van der Waals surface area contributed by atoms with Gasteiger partial charge in [-0.15, -0.1) is 0 Å². The third kappa shape index (κ3) is 7.05. The number of hydrogen-bond donors (Lipinski definition) is 1. The minimum atomic E-state index is -0.552. The second-order valence-corrected chi connectivity index (χ2v) is 11.7. The Hall–Kier alpha value is -5.56. The predicted octanol–water partition coefficient (Wildman–Crippen LogP) is 9.22. The Morgan fingerprint density at radius 3 is 2.35 bits per heavy atom. The minimum Gasteiger partial charge on any atom is -0.497 e. The maximum Gasteiger partial charge on any atom is 0.309 e. The van der Waals surface area contributed by atoms with Gasteiger partial charge in [-0.2, -0.15) is 0 Å². The summed E-state index contributed by atoms with van der Waals surface area (Å²) >= 11 is 0. The molecule has 0 aliphatic rings. The van der Waals surface area contributed by atoms with Crippen molar-refractivity contribution >= 4 is 33.6 Å². The van der Waals surface area contributed by atoms with Crippen LogP contribution in [0.15, 0.2) is 114 Å². The van der Waals surface area contributed by atoms with E-state index in [0.717, 1.165) is 68.3 Å². The lowest BCUT2D eigenvalue weighted by Gasteiger charge is -2.22. The molecule has 1 atom stereocenters. The molecule has 0 fully saturated rings. The van der Waals surface area contributed by atoms with Crippen LogP contribution in [0.3, 0.4) is 0 Å². The Kier molecular flexibility index (Phi) is 10.1. The molecule has 1 amide bonds. The van der Waals surface area contributed by atoms with Gasteiger partial charge in [0.2, 0.25) is 0 Å². The lowest BCUT2D eigenvalue weighted by atomic mass is 9.95. The fourth-order valence-corrected chi connectivity index (χ4v) is 6.04. The van der Waals surface area contributed by atoms with Gasteiger partial charge in [-0.1, -0.05) is 92.2 Å². The van der Waals surface area contributed by atoms with E-state index in [1.165, 1.54) is 7.11 Å². The largest absolute Gasteiger partial charge is 0.497 e. The van der Waals surface area contributed by atoms with Crippen molar-refractivity contribution in [3.05, 3.63) is 132 Å². The Bertz CT molecular complexity index is 2030. The highest BCUT2D eigenvalue weighted by atomic mass is 16.5. The Morgan fingerprint density at radius 2 is 1.60 bits per heavy atom. The summed E-state index contributed by atoms with van der Waals surface area (Å²) in [5.41, 5.74) is 5.00. The van der Waals surface area contributed by atoms with Gasteiger partial charge in [0, 0.05) is 23.9 Å². The molecule has 6 aromatic rings. The normalized spacial score (nSPS) is 11.7. The number of benzene rings is 5. The SMILES string of the molecule is CCCCc1oc2ccccc2c1C(=O)NCc1ccc2c(-c3ccc(OC)cc3)c(OC(CC(=O)OC)c3ccccc3)ccc2c1. The number of esters is 1. The fourth-order valence-electron chi connectivity index (χ4n) is 6.04. The van der Waals surface area contributed by atoms with Gasteiger partial charge in [0.25, 0.3) is 5.91 Å². The zero-order valence-corrected chi connectivity index (χ0v) is 27.5. The highest BCUT2D eigenvalue weighted by Crippen LogP contribution is 2.40. The lowest BCUT2D eigenvalue weighted by molar-refractivity contribution is -0.142. The van der Waals surface area contributed by atoms with E-state index < -0.39 is 6.10 Å². The second-order valence-electron chi connectivity index (χ2n) is 11.7. The van der Waals surface area contributed by atoms with Crippen molar-refractivity contribution in [2.45, 2.75) is 45.3 Å². The summed E-state index contributed by atoms with van der Waals surface area (Å²) in [6.07, 6.45) is 2.18. The lowest BCUT2D eigenvalue weighted by Crippen LogP contribution is -2.23.